The van der Waals surface area contributed by atoms with Gasteiger partial charge in [0.1, 0.15) is 0 Å². The van der Waals surface area contributed by atoms with Crippen molar-refractivity contribution in [2.75, 3.05) is 24.5 Å². The molecular formula is C21H26N2O4S. The van der Waals surface area contributed by atoms with Crippen LogP contribution < -0.4 is 9.62 Å². The number of rotatable bonds is 6. The number of sulfonamides is 1. The summed E-state index contributed by atoms with van der Waals surface area (Å²) in [7, 11) is -2.19. The van der Waals surface area contributed by atoms with Gasteiger partial charge in [-0.2, -0.15) is 0 Å². The molecule has 0 bridgehead atoms. The molecule has 0 radical (unpaired) electrons. The van der Waals surface area contributed by atoms with E-state index in [1.165, 1.54) is 11.4 Å². The molecule has 1 N–H and O–H groups in total. The van der Waals surface area contributed by atoms with E-state index in [0.717, 1.165) is 11.1 Å². The molecule has 0 aliphatic carbocycles. The standard InChI is InChI=1S/C21H26N2O4S/c1-16-5-3-4-6-20(16)23(28(25,26)19-11-13-22-14-12-19)15-17-7-9-18(10-8-17)21(24)27-2/h3-10,19,22H,11-15H2,1-2H3. The van der Waals surface area contributed by atoms with Crippen molar-refractivity contribution < 1.29 is 17.9 Å². The number of nitrogens with zero attached hydrogens (tertiary/aromatic N) is 1. The number of carbonyl (C=O) groups is 1. The summed E-state index contributed by atoms with van der Waals surface area (Å²) in [6.07, 6.45) is 1.21. The summed E-state index contributed by atoms with van der Waals surface area (Å²) in [6, 6.07) is 14.4. The molecule has 7 heteroatoms. The van der Waals surface area contributed by atoms with Gasteiger partial charge in [-0.05, 0) is 62.2 Å². The Balaban J connectivity index is 1.95. The van der Waals surface area contributed by atoms with Crippen molar-refractivity contribution in [2.24, 2.45) is 0 Å². The topological polar surface area (TPSA) is 75.7 Å². The van der Waals surface area contributed by atoms with Crippen LogP contribution in [0.5, 0.6) is 0 Å². The highest BCUT2D eigenvalue weighted by Gasteiger charge is 2.34. The number of para-hydroxylation sites is 1. The lowest BCUT2D eigenvalue weighted by atomic mass is 10.1. The van der Waals surface area contributed by atoms with Crippen molar-refractivity contribution in [3.8, 4) is 0 Å². The summed E-state index contributed by atoms with van der Waals surface area (Å²) in [5.74, 6) is -0.412. The number of esters is 1. The van der Waals surface area contributed by atoms with Gasteiger partial charge in [0, 0.05) is 0 Å². The van der Waals surface area contributed by atoms with Crippen LogP contribution in [0, 0.1) is 6.92 Å². The van der Waals surface area contributed by atoms with Crippen molar-refractivity contribution in [1.82, 2.24) is 5.32 Å². The molecule has 0 unspecified atom stereocenters. The average molecular weight is 403 g/mol. The van der Waals surface area contributed by atoms with E-state index < -0.39 is 21.2 Å². The summed E-state index contributed by atoms with van der Waals surface area (Å²) >= 11 is 0. The summed E-state index contributed by atoms with van der Waals surface area (Å²) in [4.78, 5) is 11.6. The lowest BCUT2D eigenvalue weighted by Gasteiger charge is -2.32. The second-order valence-corrected chi connectivity index (χ2v) is 9.11. The number of ether oxygens (including phenoxy) is 1. The zero-order valence-corrected chi connectivity index (χ0v) is 17.0. The lowest BCUT2D eigenvalue weighted by molar-refractivity contribution is 0.0600. The van der Waals surface area contributed by atoms with Crippen LogP contribution in [0.1, 0.15) is 34.3 Å². The maximum absolute atomic E-state index is 13.5. The molecule has 1 fully saturated rings. The molecule has 0 spiro atoms. The van der Waals surface area contributed by atoms with Crippen molar-refractivity contribution >= 4 is 21.7 Å². The highest BCUT2D eigenvalue weighted by Crippen LogP contribution is 2.29. The van der Waals surface area contributed by atoms with Crippen molar-refractivity contribution in [1.29, 1.82) is 0 Å². The van der Waals surface area contributed by atoms with Gasteiger partial charge in [-0.25, -0.2) is 13.2 Å². The second kappa shape index (κ2) is 8.75. The van der Waals surface area contributed by atoms with Gasteiger partial charge >= 0.3 is 5.97 Å². The normalized spacial score (nSPS) is 15.2. The Morgan fingerprint density at radius 1 is 1.11 bits per heavy atom. The largest absolute Gasteiger partial charge is 0.465 e. The fourth-order valence-electron chi connectivity index (χ4n) is 3.46. The molecule has 1 heterocycles. The van der Waals surface area contributed by atoms with Crippen molar-refractivity contribution in [3.05, 3.63) is 65.2 Å². The minimum atomic E-state index is -3.53. The Labute approximate surface area is 166 Å². The molecule has 0 aromatic heterocycles. The highest BCUT2D eigenvalue weighted by atomic mass is 32.2. The smallest absolute Gasteiger partial charge is 0.337 e. The minimum absolute atomic E-state index is 0.221. The molecule has 1 aliphatic heterocycles. The number of hydrogen-bond acceptors (Lipinski definition) is 5. The van der Waals surface area contributed by atoms with Gasteiger partial charge in [-0.15, -0.1) is 0 Å². The summed E-state index contributed by atoms with van der Waals surface area (Å²) in [6.45, 7) is 3.55. The van der Waals surface area contributed by atoms with Crippen molar-refractivity contribution in [3.63, 3.8) is 0 Å². The number of methoxy groups -OCH3 is 1. The fraction of sp³-hybridized carbons (Fsp3) is 0.381. The number of piperidine rings is 1. The number of anilines is 1. The highest BCUT2D eigenvalue weighted by molar-refractivity contribution is 7.93. The molecule has 6 nitrogen and oxygen atoms in total. The zero-order chi connectivity index (χ0) is 20.1. The molecule has 0 amide bonds. The van der Waals surface area contributed by atoms with Crippen LogP contribution in [0.2, 0.25) is 0 Å². The molecule has 28 heavy (non-hydrogen) atoms. The molecule has 0 saturated carbocycles. The predicted octanol–water partition coefficient (Wildman–Crippen LogP) is 2.87. The molecule has 2 aromatic carbocycles. The quantitative estimate of drug-likeness (QED) is 0.752. The van der Waals surface area contributed by atoms with Gasteiger partial charge in [0.25, 0.3) is 0 Å². The number of aryl methyl sites for hydroxylation is 1. The maximum Gasteiger partial charge on any atom is 0.337 e. The van der Waals surface area contributed by atoms with E-state index in [2.05, 4.69) is 5.32 Å². The van der Waals surface area contributed by atoms with Gasteiger partial charge < -0.3 is 10.1 Å². The van der Waals surface area contributed by atoms with E-state index in [1.54, 1.807) is 24.3 Å². The first-order chi connectivity index (χ1) is 13.4. The number of nitrogens with one attached hydrogen (secondary N) is 1. The van der Waals surface area contributed by atoms with Crippen LogP contribution in [0.15, 0.2) is 48.5 Å². The molecule has 0 atom stereocenters. The van der Waals surface area contributed by atoms with Gasteiger partial charge in [0.05, 0.1) is 30.2 Å². The predicted molar refractivity (Wildman–Crippen MR) is 110 cm³/mol. The van der Waals surface area contributed by atoms with Crippen LogP contribution in [0.3, 0.4) is 0 Å². The van der Waals surface area contributed by atoms with E-state index in [1.807, 2.05) is 31.2 Å². The molecular weight excluding hydrogens is 376 g/mol. The van der Waals surface area contributed by atoms with E-state index in [-0.39, 0.29) is 6.54 Å². The first-order valence-corrected chi connectivity index (χ1v) is 10.9. The van der Waals surface area contributed by atoms with Gasteiger partial charge in [-0.1, -0.05) is 30.3 Å². The van der Waals surface area contributed by atoms with Gasteiger partial charge in [-0.3, -0.25) is 4.31 Å². The van der Waals surface area contributed by atoms with Crippen LogP contribution >= 0.6 is 0 Å². The monoisotopic (exact) mass is 402 g/mol. The van der Waals surface area contributed by atoms with Gasteiger partial charge in [0.2, 0.25) is 10.0 Å². The molecule has 1 aliphatic rings. The van der Waals surface area contributed by atoms with E-state index in [0.29, 0.717) is 37.2 Å². The first kappa shape index (κ1) is 20.4. The van der Waals surface area contributed by atoms with Gasteiger partial charge in [0.15, 0.2) is 0 Å². The Bertz CT molecular complexity index is 920. The van der Waals surface area contributed by atoms with Crippen LogP contribution in [0.4, 0.5) is 5.69 Å². The number of hydrogen-bond donors (Lipinski definition) is 1. The third-order valence-corrected chi connectivity index (χ3v) is 7.35. The van der Waals surface area contributed by atoms with E-state index in [4.69, 9.17) is 4.74 Å². The fourth-order valence-corrected chi connectivity index (χ4v) is 5.46. The average Bonchev–Trinajstić information content (AvgIpc) is 2.73. The molecule has 2 aromatic rings. The summed E-state index contributed by atoms with van der Waals surface area (Å²) in [5.41, 5.74) is 2.85. The first-order valence-electron chi connectivity index (χ1n) is 9.38. The van der Waals surface area contributed by atoms with Crippen LogP contribution in [0.25, 0.3) is 0 Å². The minimum Gasteiger partial charge on any atom is -0.465 e. The van der Waals surface area contributed by atoms with E-state index in [9.17, 15) is 13.2 Å². The molecule has 150 valence electrons. The molecule has 1 saturated heterocycles. The Morgan fingerprint density at radius 2 is 1.75 bits per heavy atom. The Kier molecular flexibility index (Phi) is 6.36. The second-order valence-electron chi connectivity index (χ2n) is 6.98. The lowest BCUT2D eigenvalue weighted by Crippen LogP contribution is -2.44. The third-order valence-electron chi connectivity index (χ3n) is 5.10. The number of benzene rings is 2. The summed E-state index contributed by atoms with van der Waals surface area (Å²) in [5, 5.41) is 2.82. The third kappa shape index (κ3) is 4.36. The van der Waals surface area contributed by atoms with Crippen LogP contribution in [-0.4, -0.2) is 39.8 Å². The SMILES string of the molecule is COC(=O)c1ccc(CN(c2ccccc2C)S(=O)(=O)C2CCNCC2)cc1. The van der Waals surface area contributed by atoms with E-state index >= 15 is 0 Å². The Hall–Kier alpha value is -2.38. The zero-order valence-electron chi connectivity index (χ0n) is 16.2. The van der Waals surface area contributed by atoms with Crippen molar-refractivity contribution in [2.45, 2.75) is 31.6 Å². The Morgan fingerprint density at radius 3 is 2.36 bits per heavy atom. The van der Waals surface area contributed by atoms with Crippen LogP contribution in [-0.2, 0) is 21.3 Å². The maximum atomic E-state index is 13.5. The molecule has 3 rings (SSSR count). The number of carbonyl (C=O) groups excluding carboxylic acids is 1. The summed E-state index contributed by atoms with van der Waals surface area (Å²) < 4.78 is 33.2.